The summed E-state index contributed by atoms with van der Waals surface area (Å²) in [5.74, 6) is 0. The Balaban J connectivity index is 1.78. The van der Waals surface area contributed by atoms with E-state index >= 15 is 0 Å². The lowest BCUT2D eigenvalue weighted by molar-refractivity contribution is -0.0462. The van der Waals surface area contributed by atoms with E-state index in [1.165, 1.54) is 32.5 Å². The van der Waals surface area contributed by atoms with Crippen molar-refractivity contribution in [1.82, 2.24) is 9.80 Å². The Hall–Kier alpha value is -0.120. The molecule has 0 aromatic heterocycles. The van der Waals surface area contributed by atoms with Crippen LogP contribution in [0.2, 0.25) is 0 Å². The highest BCUT2D eigenvalue weighted by Gasteiger charge is 2.35. The van der Waals surface area contributed by atoms with Crippen LogP contribution in [0.25, 0.3) is 0 Å². The van der Waals surface area contributed by atoms with Crippen LogP contribution in [-0.4, -0.2) is 61.8 Å². The molecule has 0 bridgehead atoms. The number of hydrogen-bond acceptors (Lipinski definition) is 3. The molecule has 0 spiro atoms. The Kier molecular flexibility index (Phi) is 3.10. The molecule has 0 aromatic carbocycles. The van der Waals surface area contributed by atoms with E-state index < -0.39 is 0 Å². The Labute approximate surface area is 87.0 Å². The van der Waals surface area contributed by atoms with Crippen LogP contribution in [0.4, 0.5) is 0 Å². The summed E-state index contributed by atoms with van der Waals surface area (Å²) in [6.07, 6.45) is 3.02. The third-order valence-electron chi connectivity index (χ3n) is 3.91. The third-order valence-corrected chi connectivity index (χ3v) is 3.91. The smallest absolute Gasteiger partial charge is 0.0601 e. The first-order valence-electron chi connectivity index (χ1n) is 5.67. The molecule has 2 fully saturated rings. The van der Waals surface area contributed by atoms with Crippen LogP contribution in [0.5, 0.6) is 0 Å². The van der Waals surface area contributed by atoms with E-state index in [1.54, 1.807) is 0 Å². The fourth-order valence-electron chi connectivity index (χ4n) is 2.44. The predicted octanol–water partition coefficient (Wildman–Crippen LogP) is 0.800. The molecule has 0 N–H and O–H groups in total. The molecular formula is C11H22N2O. The quantitative estimate of drug-likeness (QED) is 0.653. The molecule has 1 saturated carbocycles. The zero-order valence-electron chi connectivity index (χ0n) is 9.57. The molecule has 0 unspecified atom stereocenters. The average molecular weight is 198 g/mol. The molecule has 0 radical (unpaired) electrons. The number of methoxy groups -OCH3 is 1. The lowest BCUT2D eigenvalue weighted by atomic mass is 9.87. The van der Waals surface area contributed by atoms with Gasteiger partial charge in [-0.15, -0.1) is 0 Å². The number of hydrogen-bond donors (Lipinski definition) is 0. The number of rotatable bonds is 2. The Bertz CT molecular complexity index is 192. The van der Waals surface area contributed by atoms with Crippen LogP contribution < -0.4 is 0 Å². The van der Waals surface area contributed by atoms with Crippen LogP contribution in [-0.2, 0) is 4.74 Å². The molecule has 1 atom stereocenters. The SMILES string of the molecule is COC1CC(N2CCN(C)[C@H](C)C2)C1. The minimum Gasteiger partial charge on any atom is -0.381 e. The van der Waals surface area contributed by atoms with Crippen LogP contribution in [0, 0.1) is 0 Å². The molecule has 1 aliphatic heterocycles. The Morgan fingerprint density at radius 1 is 1.21 bits per heavy atom. The van der Waals surface area contributed by atoms with Crippen molar-refractivity contribution >= 4 is 0 Å². The highest BCUT2D eigenvalue weighted by Crippen LogP contribution is 2.29. The van der Waals surface area contributed by atoms with Crippen LogP contribution >= 0.6 is 0 Å². The van der Waals surface area contributed by atoms with Crippen molar-refractivity contribution in [3.05, 3.63) is 0 Å². The summed E-state index contributed by atoms with van der Waals surface area (Å²) in [6.45, 7) is 6.01. The lowest BCUT2D eigenvalue weighted by Gasteiger charge is -2.47. The van der Waals surface area contributed by atoms with E-state index in [2.05, 4.69) is 23.8 Å². The van der Waals surface area contributed by atoms with Gasteiger partial charge >= 0.3 is 0 Å². The highest BCUT2D eigenvalue weighted by atomic mass is 16.5. The summed E-state index contributed by atoms with van der Waals surface area (Å²) in [4.78, 5) is 5.09. The van der Waals surface area contributed by atoms with Gasteiger partial charge in [-0.1, -0.05) is 0 Å². The monoisotopic (exact) mass is 198 g/mol. The normalized spacial score (nSPS) is 40.9. The van der Waals surface area contributed by atoms with Crippen LogP contribution in [0.3, 0.4) is 0 Å². The van der Waals surface area contributed by atoms with Gasteiger partial charge in [-0.2, -0.15) is 0 Å². The maximum atomic E-state index is 5.32. The van der Waals surface area contributed by atoms with Crippen molar-refractivity contribution in [2.45, 2.75) is 38.0 Å². The van der Waals surface area contributed by atoms with Gasteiger partial charge in [0.2, 0.25) is 0 Å². The van der Waals surface area contributed by atoms with E-state index in [0.717, 1.165) is 6.04 Å². The minimum atomic E-state index is 0.537. The van der Waals surface area contributed by atoms with Crippen molar-refractivity contribution in [2.75, 3.05) is 33.8 Å². The first kappa shape index (κ1) is 10.4. The molecule has 2 aliphatic rings. The molecule has 3 nitrogen and oxygen atoms in total. The third kappa shape index (κ3) is 1.95. The van der Waals surface area contributed by atoms with E-state index in [-0.39, 0.29) is 0 Å². The van der Waals surface area contributed by atoms with Gasteiger partial charge < -0.3 is 9.64 Å². The summed E-state index contributed by atoms with van der Waals surface area (Å²) < 4.78 is 5.32. The Morgan fingerprint density at radius 3 is 2.50 bits per heavy atom. The van der Waals surface area contributed by atoms with E-state index in [9.17, 15) is 0 Å². The topological polar surface area (TPSA) is 15.7 Å². The highest BCUT2D eigenvalue weighted by molar-refractivity contribution is 4.91. The molecule has 1 saturated heterocycles. The molecule has 0 aromatic rings. The molecule has 1 aliphatic carbocycles. The van der Waals surface area contributed by atoms with Gasteiger partial charge in [-0.3, -0.25) is 4.90 Å². The molecule has 0 amide bonds. The first-order chi connectivity index (χ1) is 6.70. The van der Waals surface area contributed by atoms with Crippen molar-refractivity contribution in [2.24, 2.45) is 0 Å². The number of nitrogens with zero attached hydrogens (tertiary/aromatic N) is 2. The van der Waals surface area contributed by atoms with Crippen molar-refractivity contribution in [1.29, 1.82) is 0 Å². The van der Waals surface area contributed by atoms with E-state index in [1.807, 2.05) is 7.11 Å². The second-order valence-corrected chi connectivity index (χ2v) is 4.81. The molecule has 1 heterocycles. The van der Waals surface area contributed by atoms with Crippen molar-refractivity contribution < 1.29 is 4.74 Å². The fourth-order valence-corrected chi connectivity index (χ4v) is 2.44. The van der Waals surface area contributed by atoms with Crippen LogP contribution in [0.15, 0.2) is 0 Å². The standard InChI is InChI=1S/C11H22N2O/c1-9-8-13(5-4-12(9)2)10-6-11(7-10)14-3/h9-11H,4-8H2,1-3H3/t9-,10?,11?/m1/s1. The number of piperazine rings is 1. The summed E-state index contributed by atoms with van der Waals surface area (Å²) in [5, 5.41) is 0. The van der Waals surface area contributed by atoms with Gasteiger partial charge in [0.25, 0.3) is 0 Å². The molecule has 2 rings (SSSR count). The zero-order valence-corrected chi connectivity index (χ0v) is 9.57. The summed E-state index contributed by atoms with van der Waals surface area (Å²) in [6, 6.07) is 1.52. The van der Waals surface area contributed by atoms with Gasteiger partial charge in [0.15, 0.2) is 0 Å². The summed E-state index contributed by atoms with van der Waals surface area (Å²) in [7, 11) is 4.05. The lowest BCUT2D eigenvalue weighted by Crippen LogP contribution is -2.57. The average Bonchev–Trinajstić information content (AvgIpc) is 2.09. The first-order valence-corrected chi connectivity index (χ1v) is 5.67. The second kappa shape index (κ2) is 4.17. The van der Waals surface area contributed by atoms with Gasteiger partial charge in [-0.05, 0) is 26.8 Å². The predicted molar refractivity (Wildman–Crippen MR) is 57.5 cm³/mol. The van der Waals surface area contributed by atoms with E-state index in [0.29, 0.717) is 12.1 Å². The maximum Gasteiger partial charge on any atom is 0.0601 e. The maximum absolute atomic E-state index is 5.32. The summed E-state index contributed by atoms with van der Waals surface area (Å²) in [5.41, 5.74) is 0. The van der Waals surface area contributed by atoms with Crippen molar-refractivity contribution in [3.8, 4) is 0 Å². The number of ether oxygens (including phenoxy) is 1. The van der Waals surface area contributed by atoms with Crippen LogP contribution in [0.1, 0.15) is 19.8 Å². The molecule has 3 heteroatoms. The van der Waals surface area contributed by atoms with Gasteiger partial charge in [0, 0.05) is 38.8 Å². The van der Waals surface area contributed by atoms with Crippen molar-refractivity contribution in [3.63, 3.8) is 0 Å². The number of likely N-dealkylation sites (N-methyl/N-ethyl adjacent to an activating group) is 1. The second-order valence-electron chi connectivity index (χ2n) is 4.81. The van der Waals surface area contributed by atoms with Gasteiger partial charge in [-0.25, -0.2) is 0 Å². The Morgan fingerprint density at radius 2 is 1.93 bits per heavy atom. The minimum absolute atomic E-state index is 0.537. The molecule has 82 valence electrons. The summed E-state index contributed by atoms with van der Waals surface area (Å²) >= 11 is 0. The van der Waals surface area contributed by atoms with Gasteiger partial charge in [0.05, 0.1) is 6.10 Å². The molecular weight excluding hydrogens is 176 g/mol. The largest absolute Gasteiger partial charge is 0.381 e. The molecule has 14 heavy (non-hydrogen) atoms. The fraction of sp³-hybridized carbons (Fsp3) is 1.00. The van der Waals surface area contributed by atoms with E-state index in [4.69, 9.17) is 4.74 Å². The van der Waals surface area contributed by atoms with Gasteiger partial charge in [0.1, 0.15) is 0 Å². The zero-order chi connectivity index (χ0) is 10.1.